The second-order valence-electron chi connectivity index (χ2n) is 6.09. The van der Waals surface area contributed by atoms with Crippen LogP contribution in [0.5, 0.6) is 11.5 Å². The van der Waals surface area contributed by atoms with Gasteiger partial charge in [-0.25, -0.2) is 0 Å². The fourth-order valence-corrected chi connectivity index (χ4v) is 2.85. The van der Waals surface area contributed by atoms with E-state index in [0.717, 1.165) is 0 Å². The van der Waals surface area contributed by atoms with Crippen LogP contribution in [-0.2, 0) is 16.1 Å². The first-order chi connectivity index (χ1) is 12.4. The summed E-state index contributed by atoms with van der Waals surface area (Å²) in [5.41, 5.74) is 5.99. The van der Waals surface area contributed by atoms with E-state index < -0.39 is 6.61 Å². The van der Waals surface area contributed by atoms with E-state index in [2.05, 4.69) is 10.1 Å². The van der Waals surface area contributed by atoms with Crippen molar-refractivity contribution in [3.63, 3.8) is 0 Å². The molecule has 0 unspecified atom stereocenters. The van der Waals surface area contributed by atoms with E-state index in [4.69, 9.17) is 10.5 Å². The van der Waals surface area contributed by atoms with Gasteiger partial charge in [0.05, 0.1) is 13.7 Å². The highest BCUT2D eigenvalue weighted by atomic mass is 19.3. The zero-order chi connectivity index (χ0) is 19.1. The van der Waals surface area contributed by atoms with E-state index in [0.29, 0.717) is 31.5 Å². The Morgan fingerprint density at radius 1 is 1.31 bits per heavy atom. The van der Waals surface area contributed by atoms with Crippen molar-refractivity contribution in [3.05, 3.63) is 23.8 Å². The number of hydrogen-bond donors (Lipinski definition) is 2. The van der Waals surface area contributed by atoms with E-state index >= 15 is 0 Å². The number of carbonyl (C=O) groups excluding carboxylic acids is 2. The zero-order valence-corrected chi connectivity index (χ0v) is 14.5. The van der Waals surface area contributed by atoms with Crippen LogP contribution in [0, 0.1) is 5.92 Å². The Bertz CT molecular complexity index is 634. The van der Waals surface area contributed by atoms with Crippen LogP contribution >= 0.6 is 0 Å². The van der Waals surface area contributed by atoms with Gasteiger partial charge in [0, 0.05) is 12.5 Å². The molecule has 0 bridgehead atoms. The molecule has 1 saturated heterocycles. The standard InChI is InChI=1S/C17H23F2N3O4/c1-25-14-8-11(2-3-13(14)26-17(18)19)9-21-15(23)10-22-6-4-12(5-7-22)16(20)24/h2-3,8,12,17H,4-7,9-10H2,1H3,(H2,20,24)(H,21,23). The van der Waals surface area contributed by atoms with E-state index in [9.17, 15) is 18.4 Å². The fourth-order valence-electron chi connectivity index (χ4n) is 2.85. The molecule has 0 aromatic heterocycles. The Hall–Kier alpha value is -2.42. The van der Waals surface area contributed by atoms with Gasteiger partial charge in [-0.1, -0.05) is 6.07 Å². The van der Waals surface area contributed by atoms with Crippen molar-refractivity contribution in [1.82, 2.24) is 10.2 Å². The lowest BCUT2D eigenvalue weighted by Crippen LogP contribution is -2.43. The van der Waals surface area contributed by atoms with Crippen molar-refractivity contribution >= 4 is 11.8 Å². The lowest BCUT2D eigenvalue weighted by atomic mass is 9.96. The number of primary amides is 1. The average Bonchev–Trinajstić information content (AvgIpc) is 2.60. The molecule has 26 heavy (non-hydrogen) atoms. The predicted molar refractivity (Wildman–Crippen MR) is 89.8 cm³/mol. The van der Waals surface area contributed by atoms with Crippen LogP contribution in [0.2, 0.25) is 0 Å². The third kappa shape index (κ3) is 5.83. The number of alkyl halides is 2. The topological polar surface area (TPSA) is 93.9 Å². The zero-order valence-electron chi connectivity index (χ0n) is 14.5. The van der Waals surface area contributed by atoms with Crippen molar-refractivity contribution in [2.45, 2.75) is 26.0 Å². The Kier molecular flexibility index (Phi) is 7.14. The van der Waals surface area contributed by atoms with E-state index in [1.165, 1.54) is 19.2 Å². The number of likely N-dealkylation sites (tertiary alicyclic amines) is 1. The predicted octanol–water partition coefficient (Wildman–Crippen LogP) is 1.11. The van der Waals surface area contributed by atoms with Crippen molar-refractivity contribution < 1.29 is 27.8 Å². The van der Waals surface area contributed by atoms with Gasteiger partial charge >= 0.3 is 6.61 Å². The maximum atomic E-state index is 12.3. The number of piperidine rings is 1. The minimum absolute atomic E-state index is 0.0603. The molecule has 0 aliphatic carbocycles. The van der Waals surface area contributed by atoms with Gasteiger partial charge in [0.25, 0.3) is 0 Å². The second-order valence-corrected chi connectivity index (χ2v) is 6.09. The Morgan fingerprint density at radius 3 is 2.58 bits per heavy atom. The van der Waals surface area contributed by atoms with Gasteiger partial charge in [0.15, 0.2) is 11.5 Å². The SMILES string of the molecule is COc1cc(CNC(=O)CN2CCC(C(N)=O)CC2)ccc1OC(F)F. The third-order valence-electron chi connectivity index (χ3n) is 4.29. The van der Waals surface area contributed by atoms with Gasteiger partial charge in [0.2, 0.25) is 11.8 Å². The lowest BCUT2D eigenvalue weighted by Gasteiger charge is -2.29. The normalized spacial score (nSPS) is 15.7. The molecule has 1 heterocycles. The first-order valence-corrected chi connectivity index (χ1v) is 8.29. The number of nitrogens with zero attached hydrogens (tertiary/aromatic N) is 1. The van der Waals surface area contributed by atoms with Gasteiger partial charge < -0.3 is 20.5 Å². The van der Waals surface area contributed by atoms with Gasteiger partial charge in [-0.2, -0.15) is 8.78 Å². The quantitative estimate of drug-likeness (QED) is 0.714. The fraction of sp³-hybridized carbons (Fsp3) is 0.529. The molecular formula is C17H23F2N3O4. The maximum Gasteiger partial charge on any atom is 0.387 e. The largest absolute Gasteiger partial charge is 0.493 e. The highest BCUT2D eigenvalue weighted by molar-refractivity contribution is 5.78. The second kappa shape index (κ2) is 9.33. The van der Waals surface area contributed by atoms with Crippen LogP contribution < -0.4 is 20.5 Å². The van der Waals surface area contributed by atoms with Gasteiger partial charge in [-0.15, -0.1) is 0 Å². The molecule has 2 amide bonds. The molecule has 0 saturated carbocycles. The highest BCUT2D eigenvalue weighted by Gasteiger charge is 2.24. The van der Waals surface area contributed by atoms with Crippen LogP contribution in [-0.4, -0.2) is 50.1 Å². The molecule has 2 rings (SSSR count). The number of carbonyl (C=O) groups is 2. The number of ether oxygens (including phenoxy) is 2. The molecule has 0 spiro atoms. The molecule has 1 aliphatic heterocycles. The van der Waals surface area contributed by atoms with E-state index in [1.54, 1.807) is 6.07 Å². The summed E-state index contributed by atoms with van der Waals surface area (Å²) < 4.78 is 34.0. The van der Waals surface area contributed by atoms with E-state index in [-0.39, 0.29) is 42.3 Å². The molecule has 0 atom stereocenters. The number of amides is 2. The molecule has 1 aromatic rings. The summed E-state index contributed by atoms with van der Waals surface area (Å²) in [6, 6.07) is 4.50. The summed E-state index contributed by atoms with van der Waals surface area (Å²) in [7, 11) is 1.35. The van der Waals surface area contributed by atoms with Crippen LogP contribution in [0.25, 0.3) is 0 Å². The molecule has 1 aliphatic rings. The van der Waals surface area contributed by atoms with Crippen molar-refractivity contribution in [2.24, 2.45) is 11.7 Å². The number of benzene rings is 1. The summed E-state index contributed by atoms with van der Waals surface area (Å²) in [6.45, 7) is -1.17. The minimum atomic E-state index is -2.94. The summed E-state index contributed by atoms with van der Waals surface area (Å²) in [6.07, 6.45) is 1.32. The molecule has 1 fully saturated rings. The first-order valence-electron chi connectivity index (χ1n) is 8.29. The monoisotopic (exact) mass is 371 g/mol. The number of halogens is 2. The summed E-state index contributed by atoms with van der Waals surface area (Å²) in [5.74, 6) is -0.451. The van der Waals surface area contributed by atoms with Gasteiger partial charge in [-0.05, 0) is 43.6 Å². The molecule has 1 aromatic carbocycles. The molecule has 7 nitrogen and oxygen atoms in total. The summed E-state index contributed by atoms with van der Waals surface area (Å²) in [5, 5.41) is 2.78. The third-order valence-corrected chi connectivity index (χ3v) is 4.29. The Labute approximate surface area is 150 Å². The number of nitrogens with two attached hydrogens (primary N) is 1. The molecule has 0 radical (unpaired) electrons. The van der Waals surface area contributed by atoms with Crippen LogP contribution in [0.4, 0.5) is 8.78 Å². The average molecular weight is 371 g/mol. The van der Waals surface area contributed by atoms with Crippen LogP contribution in [0.15, 0.2) is 18.2 Å². The van der Waals surface area contributed by atoms with Gasteiger partial charge in [-0.3, -0.25) is 14.5 Å². The lowest BCUT2D eigenvalue weighted by molar-refractivity contribution is -0.124. The molecule has 9 heteroatoms. The minimum Gasteiger partial charge on any atom is -0.493 e. The Balaban J connectivity index is 1.81. The van der Waals surface area contributed by atoms with Crippen molar-refractivity contribution in [1.29, 1.82) is 0 Å². The molecule has 3 N–H and O–H groups in total. The molecule has 144 valence electrons. The van der Waals surface area contributed by atoms with E-state index in [1.807, 2.05) is 4.90 Å². The smallest absolute Gasteiger partial charge is 0.387 e. The number of nitrogens with one attached hydrogen (secondary N) is 1. The number of rotatable bonds is 8. The molecular weight excluding hydrogens is 348 g/mol. The van der Waals surface area contributed by atoms with Crippen molar-refractivity contribution in [2.75, 3.05) is 26.7 Å². The highest BCUT2D eigenvalue weighted by Crippen LogP contribution is 2.29. The van der Waals surface area contributed by atoms with Crippen LogP contribution in [0.3, 0.4) is 0 Å². The van der Waals surface area contributed by atoms with Crippen molar-refractivity contribution in [3.8, 4) is 11.5 Å². The summed E-state index contributed by atoms with van der Waals surface area (Å²) >= 11 is 0. The maximum absolute atomic E-state index is 12.3. The summed E-state index contributed by atoms with van der Waals surface area (Å²) in [4.78, 5) is 25.2. The first kappa shape index (κ1) is 19.9. The van der Waals surface area contributed by atoms with Crippen LogP contribution in [0.1, 0.15) is 18.4 Å². The Morgan fingerprint density at radius 2 is 2.00 bits per heavy atom. The number of hydrogen-bond acceptors (Lipinski definition) is 5. The number of methoxy groups -OCH3 is 1. The van der Waals surface area contributed by atoms with Gasteiger partial charge in [0.1, 0.15) is 0 Å².